The first-order chi connectivity index (χ1) is 14.0. The molecule has 0 unspecified atom stereocenters. The van der Waals surface area contributed by atoms with Gasteiger partial charge in [0.2, 0.25) is 5.91 Å². The fourth-order valence-corrected chi connectivity index (χ4v) is 5.25. The number of hydrogen-bond donors (Lipinski definition) is 1. The van der Waals surface area contributed by atoms with E-state index in [-0.39, 0.29) is 22.8 Å². The third-order valence-corrected chi connectivity index (χ3v) is 6.96. The topological polar surface area (TPSA) is 75.3 Å². The van der Waals surface area contributed by atoms with Crippen molar-refractivity contribution in [2.75, 3.05) is 19.7 Å². The quantitative estimate of drug-likeness (QED) is 0.672. The largest absolute Gasteiger partial charge is 0.375 e. The fraction of sp³-hybridized carbons (Fsp3) is 0.381. The Morgan fingerprint density at radius 2 is 2.21 bits per heavy atom. The molecule has 1 aliphatic heterocycles. The lowest BCUT2D eigenvalue weighted by Crippen LogP contribution is -2.47. The SMILES string of the molecule is C[C@H](SCc1nc2scc(-c3ccccc3)c2c(=O)[nH]1)C(=O)N1CCO[C@@H](C)C1. The number of nitrogens with one attached hydrogen (secondary N) is 1. The van der Waals surface area contributed by atoms with Gasteiger partial charge in [-0.3, -0.25) is 9.59 Å². The molecule has 0 aliphatic carbocycles. The summed E-state index contributed by atoms with van der Waals surface area (Å²) in [6.45, 7) is 5.72. The van der Waals surface area contributed by atoms with Crippen molar-refractivity contribution in [3.8, 4) is 11.1 Å². The summed E-state index contributed by atoms with van der Waals surface area (Å²) in [5.74, 6) is 1.19. The molecular weight excluding hydrogens is 406 g/mol. The lowest BCUT2D eigenvalue weighted by Gasteiger charge is -2.32. The fourth-order valence-electron chi connectivity index (χ4n) is 3.44. The Bertz CT molecular complexity index is 1060. The highest BCUT2D eigenvalue weighted by atomic mass is 32.2. The van der Waals surface area contributed by atoms with Gasteiger partial charge < -0.3 is 14.6 Å². The van der Waals surface area contributed by atoms with Crippen LogP contribution in [0.25, 0.3) is 21.3 Å². The van der Waals surface area contributed by atoms with Gasteiger partial charge in [0.05, 0.1) is 29.1 Å². The van der Waals surface area contributed by atoms with Crippen LogP contribution in [0, 0.1) is 0 Å². The number of morpholine rings is 1. The number of H-pyrrole nitrogens is 1. The van der Waals surface area contributed by atoms with Crippen molar-refractivity contribution in [1.29, 1.82) is 0 Å². The molecule has 29 heavy (non-hydrogen) atoms. The highest BCUT2D eigenvalue weighted by molar-refractivity contribution is 7.99. The second-order valence-corrected chi connectivity index (χ2v) is 9.31. The van der Waals surface area contributed by atoms with Gasteiger partial charge in [-0.05, 0) is 19.4 Å². The van der Waals surface area contributed by atoms with Crippen LogP contribution in [0.5, 0.6) is 0 Å². The second-order valence-electron chi connectivity index (χ2n) is 7.13. The maximum atomic E-state index is 12.7. The van der Waals surface area contributed by atoms with E-state index in [1.165, 1.54) is 23.1 Å². The molecule has 1 amide bonds. The number of carbonyl (C=O) groups is 1. The number of amides is 1. The summed E-state index contributed by atoms with van der Waals surface area (Å²) in [5, 5.41) is 2.40. The van der Waals surface area contributed by atoms with Crippen molar-refractivity contribution in [3.05, 3.63) is 51.9 Å². The summed E-state index contributed by atoms with van der Waals surface area (Å²) >= 11 is 2.96. The first-order valence-corrected chi connectivity index (χ1v) is 11.5. The van der Waals surface area contributed by atoms with Crippen LogP contribution in [0.3, 0.4) is 0 Å². The molecule has 3 heterocycles. The lowest BCUT2D eigenvalue weighted by molar-refractivity contribution is -0.137. The first-order valence-electron chi connectivity index (χ1n) is 9.60. The van der Waals surface area contributed by atoms with Gasteiger partial charge in [0.1, 0.15) is 10.7 Å². The Hall–Kier alpha value is -2.16. The van der Waals surface area contributed by atoms with Gasteiger partial charge in [0.15, 0.2) is 0 Å². The molecule has 0 saturated carbocycles. The van der Waals surface area contributed by atoms with Crippen molar-refractivity contribution >= 4 is 39.2 Å². The Morgan fingerprint density at radius 1 is 1.41 bits per heavy atom. The van der Waals surface area contributed by atoms with E-state index in [0.29, 0.717) is 36.7 Å². The van der Waals surface area contributed by atoms with Gasteiger partial charge in [-0.15, -0.1) is 23.1 Å². The van der Waals surface area contributed by atoms with E-state index in [1.807, 2.05) is 54.5 Å². The molecule has 1 aliphatic rings. The maximum absolute atomic E-state index is 12.7. The summed E-state index contributed by atoms with van der Waals surface area (Å²) < 4.78 is 5.51. The molecule has 2 aromatic heterocycles. The highest BCUT2D eigenvalue weighted by Gasteiger charge is 2.25. The van der Waals surface area contributed by atoms with Crippen molar-refractivity contribution in [1.82, 2.24) is 14.9 Å². The van der Waals surface area contributed by atoms with Gasteiger partial charge in [0, 0.05) is 24.0 Å². The number of aromatic nitrogens is 2. The third-order valence-electron chi connectivity index (χ3n) is 4.95. The average Bonchev–Trinajstić information content (AvgIpc) is 3.17. The summed E-state index contributed by atoms with van der Waals surface area (Å²) in [7, 11) is 0. The highest BCUT2D eigenvalue weighted by Crippen LogP contribution is 2.31. The summed E-state index contributed by atoms with van der Waals surface area (Å²) in [6.07, 6.45) is 0.0722. The van der Waals surface area contributed by atoms with Crippen LogP contribution >= 0.6 is 23.1 Å². The molecule has 1 saturated heterocycles. The zero-order valence-electron chi connectivity index (χ0n) is 16.4. The van der Waals surface area contributed by atoms with Gasteiger partial charge >= 0.3 is 0 Å². The Kier molecular flexibility index (Phi) is 6.03. The summed E-state index contributed by atoms with van der Waals surface area (Å²) in [6, 6.07) is 9.85. The van der Waals surface area contributed by atoms with E-state index >= 15 is 0 Å². The lowest BCUT2D eigenvalue weighted by atomic mass is 10.1. The van der Waals surface area contributed by atoms with Crippen molar-refractivity contribution in [3.63, 3.8) is 0 Å². The third kappa shape index (κ3) is 4.39. The molecule has 152 valence electrons. The standard InChI is InChI=1S/C21H23N3O3S2/c1-13-10-24(8-9-27-13)21(26)14(2)28-12-17-22-19(25)18-16(11-29-20(18)23-17)15-6-4-3-5-7-15/h3-7,11,13-14H,8-10,12H2,1-2H3,(H,22,23,25)/t13-,14-/m0/s1. The number of thiophene rings is 1. The first kappa shape index (κ1) is 20.1. The van der Waals surface area contributed by atoms with Crippen LogP contribution in [-0.2, 0) is 15.3 Å². The minimum absolute atomic E-state index is 0.0722. The Balaban J connectivity index is 1.48. The summed E-state index contributed by atoms with van der Waals surface area (Å²) in [5.41, 5.74) is 1.78. The molecule has 1 fully saturated rings. The number of thioether (sulfide) groups is 1. The number of fused-ring (bicyclic) bond motifs is 1. The Morgan fingerprint density at radius 3 is 2.97 bits per heavy atom. The van der Waals surface area contributed by atoms with Gasteiger partial charge in [-0.25, -0.2) is 4.98 Å². The van der Waals surface area contributed by atoms with Gasteiger partial charge in [0.25, 0.3) is 5.56 Å². The molecule has 0 radical (unpaired) electrons. The number of ether oxygens (including phenoxy) is 1. The molecule has 6 nitrogen and oxygen atoms in total. The Labute approximate surface area is 177 Å². The van der Waals surface area contributed by atoms with Crippen molar-refractivity contribution < 1.29 is 9.53 Å². The predicted molar refractivity (Wildman–Crippen MR) is 118 cm³/mol. The van der Waals surface area contributed by atoms with E-state index in [4.69, 9.17) is 4.74 Å². The number of nitrogens with zero attached hydrogens (tertiary/aromatic N) is 2. The van der Waals surface area contributed by atoms with Gasteiger partial charge in [-0.1, -0.05) is 30.3 Å². The number of rotatable bonds is 5. The average molecular weight is 430 g/mol. The minimum atomic E-state index is -0.204. The number of carbonyl (C=O) groups excluding carboxylic acids is 1. The molecule has 0 spiro atoms. The van der Waals surface area contributed by atoms with Gasteiger partial charge in [-0.2, -0.15) is 0 Å². The summed E-state index contributed by atoms with van der Waals surface area (Å²) in [4.78, 5) is 35.5. The normalized spacial score (nSPS) is 18.1. The van der Waals surface area contributed by atoms with Crippen LogP contribution in [0.2, 0.25) is 0 Å². The molecule has 8 heteroatoms. The van der Waals surface area contributed by atoms with E-state index in [2.05, 4.69) is 9.97 Å². The van der Waals surface area contributed by atoms with E-state index in [1.54, 1.807) is 0 Å². The van der Waals surface area contributed by atoms with E-state index in [9.17, 15) is 9.59 Å². The molecule has 1 aromatic carbocycles. The molecule has 4 rings (SSSR count). The number of hydrogen-bond acceptors (Lipinski definition) is 6. The zero-order chi connectivity index (χ0) is 20.4. The number of aromatic amines is 1. The molecule has 0 bridgehead atoms. The number of benzene rings is 1. The predicted octanol–water partition coefficient (Wildman–Crippen LogP) is 3.52. The molecule has 1 N–H and O–H groups in total. The molecule has 2 atom stereocenters. The molecule has 3 aromatic rings. The second kappa shape index (κ2) is 8.69. The monoisotopic (exact) mass is 429 g/mol. The van der Waals surface area contributed by atoms with Crippen LogP contribution in [0.4, 0.5) is 0 Å². The molecular formula is C21H23N3O3S2. The van der Waals surface area contributed by atoms with Crippen molar-refractivity contribution in [2.24, 2.45) is 0 Å². The van der Waals surface area contributed by atoms with Crippen LogP contribution in [0.1, 0.15) is 19.7 Å². The zero-order valence-corrected chi connectivity index (χ0v) is 18.0. The van der Waals surface area contributed by atoms with Crippen LogP contribution in [-0.4, -0.2) is 51.8 Å². The van der Waals surface area contributed by atoms with E-state index < -0.39 is 0 Å². The van der Waals surface area contributed by atoms with Crippen LogP contribution < -0.4 is 5.56 Å². The van der Waals surface area contributed by atoms with E-state index in [0.717, 1.165) is 16.0 Å². The van der Waals surface area contributed by atoms with Crippen LogP contribution in [0.15, 0.2) is 40.5 Å². The maximum Gasteiger partial charge on any atom is 0.260 e. The minimum Gasteiger partial charge on any atom is -0.375 e. The smallest absolute Gasteiger partial charge is 0.260 e. The van der Waals surface area contributed by atoms with Crippen molar-refractivity contribution in [2.45, 2.75) is 31.0 Å².